The van der Waals surface area contributed by atoms with Crippen molar-refractivity contribution in [3.8, 4) is 5.75 Å². The Hall–Kier alpha value is -2.38. The molecule has 172 valence electrons. The summed E-state index contributed by atoms with van der Waals surface area (Å²) in [6.07, 6.45) is 0.661. The summed E-state index contributed by atoms with van der Waals surface area (Å²) in [6.45, 7) is 11.6. The maximum Gasteiger partial charge on any atom is 0.243 e. The number of amides is 1. The van der Waals surface area contributed by atoms with Crippen LogP contribution in [0.15, 0.2) is 29.2 Å². The van der Waals surface area contributed by atoms with Gasteiger partial charge in [0, 0.05) is 26.2 Å². The number of rotatable bonds is 3. The average Bonchev–Trinajstić information content (AvgIpc) is 2.80. The Morgan fingerprint density at radius 2 is 1.44 bits per heavy atom. The van der Waals surface area contributed by atoms with Gasteiger partial charge in [0.05, 0.1) is 10.8 Å². The molecule has 2 aromatic rings. The van der Waals surface area contributed by atoms with Crippen LogP contribution in [0.4, 0.5) is 0 Å². The van der Waals surface area contributed by atoms with Gasteiger partial charge in [-0.15, -0.1) is 0 Å². The first-order valence-corrected chi connectivity index (χ1v) is 12.6. The van der Waals surface area contributed by atoms with Crippen molar-refractivity contribution in [2.45, 2.75) is 45.9 Å². The highest BCUT2D eigenvalue weighted by molar-refractivity contribution is 7.89. The molecule has 7 heteroatoms. The fourth-order valence-corrected chi connectivity index (χ4v) is 6.86. The van der Waals surface area contributed by atoms with Crippen molar-refractivity contribution in [1.29, 1.82) is 0 Å². The van der Waals surface area contributed by atoms with Crippen molar-refractivity contribution in [3.63, 3.8) is 0 Å². The molecule has 32 heavy (non-hydrogen) atoms. The minimum atomic E-state index is -3.63. The van der Waals surface area contributed by atoms with Crippen molar-refractivity contribution in [2.24, 2.45) is 5.92 Å². The Morgan fingerprint density at radius 3 is 2.06 bits per heavy atom. The molecule has 6 nitrogen and oxygen atoms in total. The third kappa shape index (κ3) is 3.82. The van der Waals surface area contributed by atoms with Crippen LogP contribution in [0.3, 0.4) is 0 Å². The van der Waals surface area contributed by atoms with Gasteiger partial charge >= 0.3 is 0 Å². The summed E-state index contributed by atoms with van der Waals surface area (Å²) < 4.78 is 34.4. The zero-order chi connectivity index (χ0) is 23.2. The molecule has 1 unspecified atom stereocenters. The van der Waals surface area contributed by atoms with Crippen molar-refractivity contribution in [2.75, 3.05) is 32.8 Å². The summed E-state index contributed by atoms with van der Waals surface area (Å²) in [5, 5.41) is 0. The van der Waals surface area contributed by atoms with Gasteiger partial charge in [0.1, 0.15) is 12.4 Å². The molecule has 0 N–H and O–H groups in total. The summed E-state index contributed by atoms with van der Waals surface area (Å²) in [5.74, 6) is 0.674. The van der Waals surface area contributed by atoms with Crippen LogP contribution in [-0.4, -0.2) is 56.3 Å². The Kier molecular flexibility index (Phi) is 6.07. The highest BCUT2D eigenvalue weighted by atomic mass is 32.2. The van der Waals surface area contributed by atoms with Crippen LogP contribution < -0.4 is 4.74 Å². The second-order valence-corrected chi connectivity index (χ2v) is 10.9. The van der Waals surface area contributed by atoms with Gasteiger partial charge in [-0.2, -0.15) is 4.31 Å². The van der Waals surface area contributed by atoms with Crippen molar-refractivity contribution >= 4 is 15.9 Å². The van der Waals surface area contributed by atoms with E-state index in [1.807, 2.05) is 58.9 Å². The first-order valence-electron chi connectivity index (χ1n) is 11.2. The summed E-state index contributed by atoms with van der Waals surface area (Å²) in [6, 6.07) is 7.81. The molecule has 0 aromatic heterocycles. The van der Waals surface area contributed by atoms with Crippen LogP contribution in [0.2, 0.25) is 0 Å². The molecule has 0 spiro atoms. The number of sulfonamides is 1. The molecule has 1 saturated heterocycles. The number of carbonyl (C=O) groups is 1. The first-order chi connectivity index (χ1) is 15.1. The molecule has 1 amide bonds. The topological polar surface area (TPSA) is 66.9 Å². The van der Waals surface area contributed by atoms with E-state index in [0.717, 1.165) is 39.1 Å². The van der Waals surface area contributed by atoms with Crippen molar-refractivity contribution in [3.05, 3.63) is 57.6 Å². The number of nitrogens with zero attached hydrogens (tertiary/aromatic N) is 2. The SMILES string of the molecule is Cc1c(C)c(C)c(S(=O)(=O)N2CCN(C(=O)C3COc4ccccc4C3)CC2)c(C)c1C. The van der Waals surface area contributed by atoms with Gasteiger partial charge in [-0.25, -0.2) is 8.42 Å². The predicted octanol–water partition coefficient (Wildman–Crippen LogP) is 3.31. The third-order valence-electron chi connectivity index (χ3n) is 7.31. The van der Waals surface area contributed by atoms with Gasteiger partial charge in [0.2, 0.25) is 15.9 Å². The van der Waals surface area contributed by atoms with Crippen LogP contribution in [0.5, 0.6) is 5.75 Å². The second-order valence-electron chi connectivity index (χ2n) is 9.00. The van der Waals surface area contributed by atoms with Gasteiger partial charge in [-0.3, -0.25) is 4.79 Å². The van der Waals surface area contributed by atoms with Gasteiger partial charge in [0.25, 0.3) is 0 Å². The smallest absolute Gasteiger partial charge is 0.243 e. The van der Waals surface area contributed by atoms with Gasteiger partial charge in [0.15, 0.2) is 0 Å². The molecular formula is C25H32N2O4S. The van der Waals surface area contributed by atoms with E-state index >= 15 is 0 Å². The maximum absolute atomic E-state index is 13.6. The Labute approximate surface area is 191 Å². The monoisotopic (exact) mass is 456 g/mol. The molecule has 2 heterocycles. The van der Waals surface area contributed by atoms with E-state index in [2.05, 4.69) is 0 Å². The first kappa shape index (κ1) is 22.8. The fourth-order valence-electron chi connectivity index (χ4n) is 4.88. The number of hydrogen-bond acceptors (Lipinski definition) is 4. The van der Waals surface area contributed by atoms with Gasteiger partial charge in [-0.05, 0) is 80.5 Å². The number of hydrogen-bond donors (Lipinski definition) is 0. The molecular weight excluding hydrogens is 424 g/mol. The lowest BCUT2D eigenvalue weighted by Gasteiger charge is -2.37. The number of carbonyl (C=O) groups excluding carboxylic acids is 1. The normalized spacial score (nSPS) is 19.4. The van der Waals surface area contributed by atoms with Crippen LogP contribution in [0.1, 0.15) is 33.4 Å². The summed E-state index contributed by atoms with van der Waals surface area (Å²) >= 11 is 0. The van der Waals surface area contributed by atoms with E-state index in [1.54, 1.807) is 4.90 Å². The lowest BCUT2D eigenvalue weighted by Crippen LogP contribution is -2.53. The van der Waals surface area contributed by atoms with E-state index in [1.165, 1.54) is 4.31 Å². The van der Waals surface area contributed by atoms with E-state index in [9.17, 15) is 13.2 Å². The lowest BCUT2D eigenvalue weighted by molar-refractivity contribution is -0.138. The molecule has 4 rings (SSSR count). The average molecular weight is 457 g/mol. The molecule has 1 fully saturated rings. The zero-order valence-electron chi connectivity index (χ0n) is 19.6. The lowest BCUT2D eigenvalue weighted by atomic mass is 9.95. The highest BCUT2D eigenvalue weighted by Gasteiger charge is 2.36. The standard InChI is InChI=1S/C25H32N2O4S/c1-16-17(2)19(4)24(20(5)18(16)3)32(29,30)27-12-10-26(11-13-27)25(28)22-14-21-8-6-7-9-23(21)31-15-22/h6-9,22H,10-15H2,1-5H3. The largest absolute Gasteiger partial charge is 0.492 e. The van der Waals surface area contributed by atoms with Gasteiger partial charge < -0.3 is 9.64 Å². The Bertz CT molecular complexity index is 1140. The van der Waals surface area contributed by atoms with E-state index in [0.29, 0.717) is 44.1 Å². The molecule has 1 atom stereocenters. The summed E-state index contributed by atoms with van der Waals surface area (Å²) in [7, 11) is -3.63. The van der Waals surface area contributed by atoms with Gasteiger partial charge in [-0.1, -0.05) is 18.2 Å². The minimum absolute atomic E-state index is 0.0472. The quantitative estimate of drug-likeness (QED) is 0.711. The van der Waals surface area contributed by atoms with Crippen LogP contribution in [0, 0.1) is 40.5 Å². The van der Waals surface area contributed by atoms with E-state index in [-0.39, 0.29) is 11.8 Å². The van der Waals surface area contributed by atoms with E-state index < -0.39 is 10.0 Å². The molecule has 2 aliphatic rings. The number of para-hydroxylation sites is 1. The minimum Gasteiger partial charge on any atom is -0.492 e. The number of ether oxygens (including phenoxy) is 1. The number of fused-ring (bicyclic) bond motifs is 1. The molecule has 2 aliphatic heterocycles. The molecule has 0 aliphatic carbocycles. The number of benzene rings is 2. The highest BCUT2D eigenvalue weighted by Crippen LogP contribution is 2.32. The van der Waals surface area contributed by atoms with Crippen LogP contribution in [-0.2, 0) is 21.2 Å². The third-order valence-corrected chi connectivity index (χ3v) is 9.48. The predicted molar refractivity (Wildman–Crippen MR) is 125 cm³/mol. The van der Waals surface area contributed by atoms with Crippen molar-refractivity contribution < 1.29 is 17.9 Å². The molecule has 0 radical (unpaired) electrons. The summed E-state index contributed by atoms with van der Waals surface area (Å²) in [5.41, 5.74) is 5.89. The maximum atomic E-state index is 13.6. The number of piperazine rings is 1. The summed E-state index contributed by atoms with van der Waals surface area (Å²) in [4.78, 5) is 15.3. The van der Waals surface area contributed by atoms with Crippen LogP contribution >= 0.6 is 0 Å². The Balaban J connectivity index is 1.48. The second kappa shape index (κ2) is 8.52. The van der Waals surface area contributed by atoms with Crippen molar-refractivity contribution in [1.82, 2.24) is 9.21 Å². The molecule has 0 saturated carbocycles. The Morgan fingerprint density at radius 1 is 0.875 bits per heavy atom. The van der Waals surface area contributed by atoms with E-state index in [4.69, 9.17) is 4.74 Å². The molecule has 0 bridgehead atoms. The zero-order valence-corrected chi connectivity index (χ0v) is 20.4. The molecule has 2 aromatic carbocycles. The van der Waals surface area contributed by atoms with Crippen LogP contribution in [0.25, 0.3) is 0 Å². The fraction of sp³-hybridized carbons (Fsp3) is 0.480.